The lowest BCUT2D eigenvalue weighted by atomic mass is 10.1. The molecule has 6 nitrogen and oxygen atoms in total. The van der Waals surface area contributed by atoms with E-state index in [9.17, 15) is 0 Å². The van der Waals surface area contributed by atoms with Crippen molar-refractivity contribution in [2.24, 2.45) is 5.16 Å². The number of aryl methyl sites for hydroxylation is 1. The molecule has 3 N–H and O–H groups in total. The number of oxime groups is 1. The van der Waals surface area contributed by atoms with Crippen LogP contribution in [0.2, 0.25) is 0 Å². The third kappa shape index (κ3) is 3.23. The van der Waals surface area contributed by atoms with Crippen molar-refractivity contribution in [3.8, 4) is 0 Å². The van der Waals surface area contributed by atoms with Crippen molar-refractivity contribution < 1.29 is 4.84 Å². The van der Waals surface area contributed by atoms with Crippen LogP contribution < -0.4 is 11.1 Å². The molecule has 104 valence electrons. The number of nitrogens with zero attached hydrogens (tertiary/aromatic N) is 3. The topological polar surface area (TPSA) is 85.4 Å². The van der Waals surface area contributed by atoms with Crippen molar-refractivity contribution in [3.63, 3.8) is 0 Å². The number of nitrogen functional groups attached to an aromatic ring is 1. The molecular weight excluding hydrogens is 254 g/mol. The SMILES string of the molecule is CCc1cccc(Nc2ncnc(N)c2/C=N/OC)c1. The Morgan fingerprint density at radius 2 is 2.25 bits per heavy atom. The Morgan fingerprint density at radius 3 is 3.00 bits per heavy atom. The van der Waals surface area contributed by atoms with Crippen molar-refractivity contribution in [3.05, 3.63) is 41.7 Å². The van der Waals surface area contributed by atoms with Gasteiger partial charge in [0.15, 0.2) is 0 Å². The van der Waals surface area contributed by atoms with E-state index in [-0.39, 0.29) is 0 Å². The second-order valence-corrected chi connectivity index (χ2v) is 4.12. The van der Waals surface area contributed by atoms with Gasteiger partial charge in [-0.05, 0) is 24.1 Å². The van der Waals surface area contributed by atoms with Gasteiger partial charge >= 0.3 is 0 Å². The zero-order valence-corrected chi connectivity index (χ0v) is 11.5. The van der Waals surface area contributed by atoms with Gasteiger partial charge < -0.3 is 15.9 Å². The summed E-state index contributed by atoms with van der Waals surface area (Å²) in [6.07, 6.45) is 3.87. The van der Waals surface area contributed by atoms with E-state index in [1.807, 2.05) is 12.1 Å². The molecule has 6 heteroatoms. The second-order valence-electron chi connectivity index (χ2n) is 4.12. The summed E-state index contributed by atoms with van der Waals surface area (Å²) in [7, 11) is 1.47. The number of benzene rings is 1. The summed E-state index contributed by atoms with van der Waals surface area (Å²) in [5.74, 6) is 0.932. The number of rotatable bonds is 5. The molecule has 0 fully saturated rings. The molecule has 1 aromatic carbocycles. The third-order valence-corrected chi connectivity index (χ3v) is 2.80. The molecule has 2 aromatic rings. The van der Waals surface area contributed by atoms with E-state index in [1.54, 1.807) is 0 Å². The summed E-state index contributed by atoms with van der Waals surface area (Å²) in [6, 6.07) is 8.10. The number of hydrogen-bond donors (Lipinski definition) is 2. The molecule has 2 rings (SSSR count). The molecular formula is C14H17N5O. The van der Waals surface area contributed by atoms with Gasteiger partial charge in [0.05, 0.1) is 11.8 Å². The number of nitrogens with one attached hydrogen (secondary N) is 1. The molecule has 1 aromatic heterocycles. The van der Waals surface area contributed by atoms with Gasteiger partial charge in [0.25, 0.3) is 0 Å². The average Bonchev–Trinajstić information content (AvgIpc) is 2.47. The van der Waals surface area contributed by atoms with E-state index in [1.165, 1.54) is 25.2 Å². The van der Waals surface area contributed by atoms with Gasteiger partial charge in [0.2, 0.25) is 0 Å². The zero-order chi connectivity index (χ0) is 14.4. The molecule has 0 saturated carbocycles. The number of nitrogens with two attached hydrogens (primary N) is 1. The average molecular weight is 271 g/mol. The predicted octanol–water partition coefficient (Wildman–Crippen LogP) is 2.35. The summed E-state index contributed by atoms with van der Waals surface area (Å²) >= 11 is 0. The maximum Gasteiger partial charge on any atom is 0.144 e. The predicted molar refractivity (Wildman–Crippen MR) is 80.2 cm³/mol. The molecule has 0 bridgehead atoms. The minimum absolute atomic E-state index is 0.343. The molecule has 0 aliphatic carbocycles. The molecule has 0 radical (unpaired) electrons. The summed E-state index contributed by atoms with van der Waals surface area (Å²) in [6.45, 7) is 2.11. The van der Waals surface area contributed by atoms with Crippen LogP contribution in [0.1, 0.15) is 18.1 Å². The maximum atomic E-state index is 5.83. The largest absolute Gasteiger partial charge is 0.399 e. The summed E-state index contributed by atoms with van der Waals surface area (Å²) in [5.41, 5.74) is 8.61. The fourth-order valence-electron chi connectivity index (χ4n) is 1.75. The van der Waals surface area contributed by atoms with Crippen LogP contribution in [0.4, 0.5) is 17.3 Å². The van der Waals surface area contributed by atoms with E-state index >= 15 is 0 Å². The van der Waals surface area contributed by atoms with Crippen LogP contribution in [0.5, 0.6) is 0 Å². The maximum absolute atomic E-state index is 5.83. The number of hydrogen-bond acceptors (Lipinski definition) is 6. The Kier molecular flexibility index (Phi) is 4.49. The van der Waals surface area contributed by atoms with Crippen LogP contribution in [0.3, 0.4) is 0 Å². The minimum Gasteiger partial charge on any atom is -0.399 e. The van der Waals surface area contributed by atoms with E-state index in [4.69, 9.17) is 5.73 Å². The lowest BCUT2D eigenvalue weighted by Crippen LogP contribution is -2.05. The highest BCUT2D eigenvalue weighted by molar-refractivity contribution is 5.92. The van der Waals surface area contributed by atoms with Crippen LogP contribution in [0.15, 0.2) is 35.7 Å². The highest BCUT2D eigenvalue weighted by Crippen LogP contribution is 2.21. The molecule has 0 amide bonds. The van der Waals surface area contributed by atoms with Gasteiger partial charge in [-0.25, -0.2) is 9.97 Å². The second kappa shape index (κ2) is 6.51. The van der Waals surface area contributed by atoms with Gasteiger partial charge in [-0.15, -0.1) is 0 Å². The first-order chi connectivity index (χ1) is 9.74. The Balaban J connectivity index is 2.32. The van der Waals surface area contributed by atoms with Gasteiger partial charge in [-0.1, -0.05) is 24.2 Å². The van der Waals surface area contributed by atoms with Crippen LogP contribution in [0.25, 0.3) is 0 Å². The quantitative estimate of drug-likeness (QED) is 0.644. The van der Waals surface area contributed by atoms with E-state index < -0.39 is 0 Å². The zero-order valence-electron chi connectivity index (χ0n) is 11.5. The third-order valence-electron chi connectivity index (χ3n) is 2.80. The van der Waals surface area contributed by atoms with Crippen LogP contribution >= 0.6 is 0 Å². The molecule has 0 saturated heterocycles. The Labute approximate surface area is 117 Å². The number of aromatic nitrogens is 2. The van der Waals surface area contributed by atoms with Gasteiger partial charge in [0.1, 0.15) is 25.1 Å². The minimum atomic E-state index is 0.343. The number of anilines is 3. The van der Waals surface area contributed by atoms with Crippen molar-refractivity contribution >= 4 is 23.5 Å². The van der Waals surface area contributed by atoms with Crippen molar-refractivity contribution in [1.29, 1.82) is 0 Å². The lowest BCUT2D eigenvalue weighted by molar-refractivity contribution is 0.215. The molecule has 20 heavy (non-hydrogen) atoms. The van der Waals surface area contributed by atoms with E-state index in [0.717, 1.165) is 12.1 Å². The smallest absolute Gasteiger partial charge is 0.144 e. The van der Waals surface area contributed by atoms with E-state index in [2.05, 4.69) is 44.3 Å². The molecule has 1 heterocycles. The standard InChI is InChI=1S/C14H17N5O/c1-3-10-5-4-6-11(7-10)19-14-12(8-18-20-2)13(15)16-9-17-14/h4-9H,3H2,1-2H3,(H3,15,16,17,19)/b18-8+. The molecule has 0 atom stereocenters. The molecule has 0 aliphatic rings. The first kappa shape index (κ1) is 13.8. The van der Waals surface area contributed by atoms with Crippen LogP contribution in [0, 0.1) is 0 Å². The summed E-state index contributed by atoms with van der Waals surface area (Å²) < 4.78 is 0. The van der Waals surface area contributed by atoms with Crippen molar-refractivity contribution in [1.82, 2.24) is 9.97 Å². The van der Waals surface area contributed by atoms with Crippen molar-refractivity contribution in [2.45, 2.75) is 13.3 Å². The fraction of sp³-hybridized carbons (Fsp3) is 0.214. The first-order valence-corrected chi connectivity index (χ1v) is 6.27. The monoisotopic (exact) mass is 271 g/mol. The normalized spacial score (nSPS) is 10.7. The molecule has 0 unspecified atom stereocenters. The molecule has 0 aliphatic heterocycles. The Hall–Kier alpha value is -2.63. The lowest BCUT2D eigenvalue weighted by Gasteiger charge is -2.10. The fourth-order valence-corrected chi connectivity index (χ4v) is 1.75. The van der Waals surface area contributed by atoms with Crippen LogP contribution in [-0.2, 0) is 11.3 Å². The Bertz CT molecular complexity index is 612. The van der Waals surface area contributed by atoms with Crippen molar-refractivity contribution in [2.75, 3.05) is 18.2 Å². The Morgan fingerprint density at radius 1 is 1.40 bits per heavy atom. The first-order valence-electron chi connectivity index (χ1n) is 6.27. The molecule has 0 spiro atoms. The van der Waals surface area contributed by atoms with Crippen LogP contribution in [-0.4, -0.2) is 23.3 Å². The highest BCUT2D eigenvalue weighted by Gasteiger charge is 2.08. The highest BCUT2D eigenvalue weighted by atomic mass is 16.6. The van der Waals surface area contributed by atoms with Gasteiger partial charge in [-0.2, -0.15) is 0 Å². The summed E-state index contributed by atoms with van der Waals surface area (Å²) in [4.78, 5) is 12.8. The van der Waals surface area contributed by atoms with E-state index in [0.29, 0.717) is 17.2 Å². The van der Waals surface area contributed by atoms with Gasteiger partial charge in [-0.3, -0.25) is 0 Å². The summed E-state index contributed by atoms with van der Waals surface area (Å²) in [5, 5.41) is 6.93. The van der Waals surface area contributed by atoms with Gasteiger partial charge in [0, 0.05) is 5.69 Å².